The number of amides is 1. The van der Waals surface area contributed by atoms with Crippen molar-refractivity contribution < 1.29 is 60.8 Å². The predicted molar refractivity (Wildman–Crippen MR) is 120 cm³/mol. The van der Waals surface area contributed by atoms with E-state index in [4.69, 9.17) is 35.6 Å². The van der Waals surface area contributed by atoms with Gasteiger partial charge in [-0.05, 0) is 31.0 Å². The van der Waals surface area contributed by atoms with Crippen LogP contribution in [0.25, 0.3) is 11.3 Å². The van der Waals surface area contributed by atoms with E-state index in [1.807, 2.05) is 18.3 Å². The topological polar surface area (TPSA) is 185 Å². The third-order valence-electron chi connectivity index (χ3n) is 4.99. The van der Waals surface area contributed by atoms with Gasteiger partial charge >= 0.3 is 30.3 Å². The van der Waals surface area contributed by atoms with Gasteiger partial charge in [0.25, 0.3) is 5.91 Å². The Bertz CT molecular complexity index is 1120. The number of halogens is 6. The van der Waals surface area contributed by atoms with Crippen molar-refractivity contribution in [3.8, 4) is 11.3 Å². The number of nitrogens with two attached hydrogens (primary N) is 1. The van der Waals surface area contributed by atoms with E-state index in [1.54, 1.807) is 12.1 Å². The number of hydrogen-bond acceptors (Lipinski definition) is 6. The van der Waals surface area contributed by atoms with E-state index in [0.717, 1.165) is 36.5 Å². The number of aromatic nitrogens is 2. The second-order valence-electron chi connectivity index (χ2n) is 7.91. The van der Waals surface area contributed by atoms with Crippen LogP contribution in [0, 0.1) is 5.92 Å². The molecular formula is C22H24F6N4O7. The van der Waals surface area contributed by atoms with Crippen molar-refractivity contribution in [1.29, 1.82) is 0 Å². The highest BCUT2D eigenvalue weighted by Crippen LogP contribution is 2.25. The van der Waals surface area contributed by atoms with Crippen LogP contribution in [0.1, 0.15) is 29.0 Å². The molecule has 1 aromatic carbocycles. The molecule has 0 aliphatic carbocycles. The van der Waals surface area contributed by atoms with Gasteiger partial charge in [-0.15, -0.1) is 0 Å². The zero-order chi connectivity index (χ0) is 30.0. The number of carbonyl (C=O) groups is 4. The number of rotatable bonds is 6. The molecule has 0 spiro atoms. The van der Waals surface area contributed by atoms with E-state index in [1.165, 1.54) is 0 Å². The van der Waals surface area contributed by atoms with E-state index in [-0.39, 0.29) is 18.9 Å². The lowest BCUT2D eigenvalue weighted by molar-refractivity contribution is -0.193. The molecule has 1 aliphatic heterocycles. The van der Waals surface area contributed by atoms with Crippen LogP contribution in [-0.2, 0) is 27.3 Å². The number of carbonyl (C=O) groups excluding carboxylic acids is 1. The van der Waals surface area contributed by atoms with Crippen molar-refractivity contribution in [2.24, 2.45) is 11.7 Å². The Kier molecular flexibility index (Phi) is 11.9. The number of benzene rings is 1. The minimum absolute atomic E-state index is 0.0895. The number of nitrogens with zero attached hydrogens (tertiary/aromatic N) is 2. The number of alkyl halides is 6. The van der Waals surface area contributed by atoms with Crippen LogP contribution in [-0.4, -0.2) is 74.1 Å². The Morgan fingerprint density at radius 2 is 1.49 bits per heavy atom. The summed E-state index contributed by atoms with van der Waals surface area (Å²) >= 11 is 0. The third kappa shape index (κ3) is 11.4. The van der Waals surface area contributed by atoms with Crippen LogP contribution in [0.2, 0.25) is 0 Å². The van der Waals surface area contributed by atoms with Crippen molar-refractivity contribution in [3.63, 3.8) is 0 Å². The molecule has 1 unspecified atom stereocenters. The summed E-state index contributed by atoms with van der Waals surface area (Å²) in [4.78, 5) is 44.9. The lowest BCUT2D eigenvalue weighted by Crippen LogP contribution is -2.25. The van der Waals surface area contributed by atoms with Crippen LogP contribution in [0.3, 0.4) is 0 Å². The van der Waals surface area contributed by atoms with Gasteiger partial charge < -0.3 is 30.9 Å². The van der Waals surface area contributed by atoms with Crippen LogP contribution in [0.15, 0.2) is 30.5 Å². The monoisotopic (exact) mass is 570 g/mol. The van der Waals surface area contributed by atoms with E-state index in [0.29, 0.717) is 18.0 Å². The van der Waals surface area contributed by atoms with Gasteiger partial charge in [-0.2, -0.15) is 26.3 Å². The summed E-state index contributed by atoms with van der Waals surface area (Å²) in [5, 5.41) is 25.4. The van der Waals surface area contributed by atoms with Crippen molar-refractivity contribution in [2.75, 3.05) is 13.1 Å². The van der Waals surface area contributed by atoms with Crippen LogP contribution in [0.5, 0.6) is 0 Å². The first-order valence-electron chi connectivity index (χ1n) is 10.9. The smallest absolute Gasteiger partial charge is 0.481 e. The Morgan fingerprint density at radius 3 is 1.92 bits per heavy atom. The maximum absolute atomic E-state index is 12.0. The molecule has 2 aromatic rings. The zero-order valence-corrected chi connectivity index (χ0v) is 19.9. The fourth-order valence-electron chi connectivity index (χ4n) is 3.01. The molecule has 3 rings (SSSR count). The minimum atomic E-state index is -5.08. The number of nitrogens with one attached hydrogen (secondary N) is 1. The first-order valence-corrected chi connectivity index (χ1v) is 10.9. The fraction of sp³-hybridized carbons (Fsp3) is 0.409. The number of carboxylic acid groups (broad SMARTS) is 3. The molecule has 2 heterocycles. The number of hydrogen-bond donors (Lipinski definition) is 5. The summed E-state index contributed by atoms with van der Waals surface area (Å²) in [5.41, 5.74) is 8.11. The predicted octanol–water partition coefficient (Wildman–Crippen LogP) is 2.54. The largest absolute Gasteiger partial charge is 0.490 e. The SMILES string of the molecule is NCC1CCn2cc(-c3ccc(C(=O)NCCC(=O)O)cc3)nc2C1.O=C(O)C(F)(F)F.O=C(O)C(F)(F)F. The summed E-state index contributed by atoms with van der Waals surface area (Å²) in [6, 6.07) is 7.18. The van der Waals surface area contributed by atoms with Gasteiger partial charge in [-0.25, -0.2) is 14.6 Å². The van der Waals surface area contributed by atoms with Crippen molar-refractivity contribution >= 4 is 23.8 Å². The number of carboxylic acids is 3. The summed E-state index contributed by atoms with van der Waals surface area (Å²) in [7, 11) is 0. The molecule has 39 heavy (non-hydrogen) atoms. The first-order chi connectivity index (χ1) is 17.9. The van der Waals surface area contributed by atoms with E-state index in [9.17, 15) is 35.9 Å². The first kappa shape index (κ1) is 32.9. The molecule has 0 fully saturated rings. The number of imidazole rings is 1. The average molecular weight is 570 g/mol. The summed E-state index contributed by atoms with van der Waals surface area (Å²) < 4.78 is 65.6. The zero-order valence-electron chi connectivity index (χ0n) is 19.9. The molecule has 0 radical (unpaired) electrons. The highest BCUT2D eigenvalue weighted by Gasteiger charge is 2.38. The van der Waals surface area contributed by atoms with Gasteiger partial charge in [0, 0.05) is 36.8 Å². The standard InChI is InChI=1S/C18H22N4O3.2C2HF3O2/c19-10-12-6-8-22-11-15(21-16(22)9-12)13-1-3-14(4-2-13)18(25)20-7-5-17(23)24;2*3-2(4,5)1(6)7/h1-4,11-12H,5-10,19H2,(H,20,25)(H,23,24);2*(H,6,7). The van der Waals surface area contributed by atoms with Gasteiger partial charge in [0.1, 0.15) is 5.82 Å². The van der Waals surface area contributed by atoms with Crippen LogP contribution >= 0.6 is 0 Å². The highest BCUT2D eigenvalue weighted by atomic mass is 19.4. The Hall–Kier alpha value is -4.15. The molecule has 1 aromatic heterocycles. The van der Waals surface area contributed by atoms with Crippen LogP contribution < -0.4 is 11.1 Å². The van der Waals surface area contributed by atoms with Crippen molar-refractivity contribution in [1.82, 2.24) is 14.9 Å². The molecule has 1 aliphatic rings. The molecule has 0 bridgehead atoms. The molecule has 216 valence electrons. The molecule has 1 amide bonds. The Labute approximate surface area is 216 Å². The Balaban J connectivity index is 0.000000449. The molecular weight excluding hydrogens is 546 g/mol. The lowest BCUT2D eigenvalue weighted by Gasteiger charge is -2.21. The molecule has 0 saturated carbocycles. The maximum atomic E-state index is 12.0. The number of fused-ring (bicyclic) bond motifs is 1. The normalized spacial score (nSPS) is 14.5. The van der Waals surface area contributed by atoms with Gasteiger partial charge in [-0.3, -0.25) is 9.59 Å². The second-order valence-corrected chi connectivity index (χ2v) is 7.91. The summed E-state index contributed by atoms with van der Waals surface area (Å²) in [6.45, 7) is 1.74. The van der Waals surface area contributed by atoms with Crippen molar-refractivity contribution in [2.45, 2.75) is 38.2 Å². The maximum Gasteiger partial charge on any atom is 0.490 e. The Morgan fingerprint density at radius 1 is 0.974 bits per heavy atom. The molecule has 11 nitrogen and oxygen atoms in total. The van der Waals surface area contributed by atoms with Gasteiger partial charge in [0.2, 0.25) is 0 Å². The van der Waals surface area contributed by atoms with E-state index < -0.39 is 30.3 Å². The highest BCUT2D eigenvalue weighted by molar-refractivity contribution is 5.94. The van der Waals surface area contributed by atoms with Gasteiger partial charge in [0.05, 0.1) is 12.1 Å². The van der Waals surface area contributed by atoms with E-state index >= 15 is 0 Å². The average Bonchev–Trinajstić information content (AvgIpc) is 3.27. The number of aryl methyl sites for hydroxylation is 1. The van der Waals surface area contributed by atoms with E-state index in [2.05, 4.69) is 9.88 Å². The quantitative estimate of drug-likeness (QED) is 0.326. The third-order valence-corrected chi connectivity index (χ3v) is 4.99. The molecule has 0 saturated heterocycles. The lowest BCUT2D eigenvalue weighted by atomic mass is 9.98. The minimum Gasteiger partial charge on any atom is -0.481 e. The fourth-order valence-corrected chi connectivity index (χ4v) is 3.01. The van der Waals surface area contributed by atoms with Crippen molar-refractivity contribution in [3.05, 3.63) is 41.9 Å². The molecule has 1 atom stereocenters. The molecule has 6 N–H and O–H groups in total. The molecule has 17 heteroatoms. The van der Waals surface area contributed by atoms with Crippen LogP contribution in [0.4, 0.5) is 26.3 Å². The number of aliphatic carboxylic acids is 3. The summed E-state index contributed by atoms with van der Waals surface area (Å²) in [5.74, 6) is -5.16. The second kappa shape index (κ2) is 14.1. The summed E-state index contributed by atoms with van der Waals surface area (Å²) in [6.07, 6.45) is -6.23. The van der Waals surface area contributed by atoms with Gasteiger partial charge in [-0.1, -0.05) is 12.1 Å². The van der Waals surface area contributed by atoms with Gasteiger partial charge in [0.15, 0.2) is 0 Å².